The highest BCUT2D eigenvalue weighted by atomic mass is 16.5. The van der Waals surface area contributed by atoms with Gasteiger partial charge in [-0.2, -0.15) is 0 Å². The Morgan fingerprint density at radius 2 is 1.70 bits per heavy atom. The molecule has 1 aromatic heterocycles. The van der Waals surface area contributed by atoms with E-state index in [0.29, 0.717) is 19.0 Å². The minimum absolute atomic E-state index is 0.483. The summed E-state index contributed by atoms with van der Waals surface area (Å²) in [5, 5.41) is 6.67. The van der Waals surface area contributed by atoms with Gasteiger partial charge in [-0.3, -0.25) is 4.99 Å². The third-order valence-electron chi connectivity index (χ3n) is 4.62. The van der Waals surface area contributed by atoms with Crippen LogP contribution in [-0.4, -0.2) is 31.6 Å². The number of para-hydroxylation sites is 1. The zero-order valence-electron chi connectivity index (χ0n) is 17.5. The zero-order chi connectivity index (χ0) is 21.0. The van der Waals surface area contributed by atoms with Gasteiger partial charge in [-0.25, -0.2) is 4.98 Å². The van der Waals surface area contributed by atoms with Crippen LogP contribution in [-0.2, 0) is 19.6 Å². The van der Waals surface area contributed by atoms with Crippen LogP contribution >= 0.6 is 0 Å². The van der Waals surface area contributed by atoms with Crippen molar-refractivity contribution in [2.45, 2.75) is 19.6 Å². The number of guanidine groups is 1. The summed E-state index contributed by atoms with van der Waals surface area (Å²) in [6, 6.07) is 22.0. The van der Waals surface area contributed by atoms with Crippen molar-refractivity contribution >= 4 is 5.96 Å². The van der Waals surface area contributed by atoms with E-state index in [2.05, 4.69) is 26.7 Å². The van der Waals surface area contributed by atoms with Gasteiger partial charge in [-0.1, -0.05) is 54.6 Å². The number of pyridine rings is 1. The second-order valence-electron chi connectivity index (χ2n) is 6.66. The first kappa shape index (κ1) is 21.2. The van der Waals surface area contributed by atoms with Crippen molar-refractivity contribution in [1.29, 1.82) is 0 Å². The molecule has 0 bridgehead atoms. The third-order valence-corrected chi connectivity index (χ3v) is 4.62. The Morgan fingerprint density at radius 3 is 2.50 bits per heavy atom. The highest BCUT2D eigenvalue weighted by molar-refractivity contribution is 5.79. The number of nitrogens with one attached hydrogen (secondary N) is 2. The van der Waals surface area contributed by atoms with Gasteiger partial charge < -0.3 is 20.1 Å². The lowest BCUT2D eigenvalue weighted by Gasteiger charge is -2.15. The van der Waals surface area contributed by atoms with Gasteiger partial charge in [0.05, 0.1) is 7.11 Å². The van der Waals surface area contributed by atoms with E-state index < -0.39 is 0 Å². The van der Waals surface area contributed by atoms with Crippen LogP contribution in [0.5, 0.6) is 11.6 Å². The molecule has 0 fully saturated rings. The molecule has 6 nitrogen and oxygen atoms in total. The topological polar surface area (TPSA) is 67.8 Å². The molecule has 0 atom stereocenters. The summed E-state index contributed by atoms with van der Waals surface area (Å²) in [7, 11) is 3.45. The molecule has 6 heteroatoms. The molecule has 0 unspecified atom stereocenters. The lowest BCUT2D eigenvalue weighted by Crippen LogP contribution is -2.38. The summed E-state index contributed by atoms with van der Waals surface area (Å²) >= 11 is 0. The van der Waals surface area contributed by atoms with Gasteiger partial charge in [0.2, 0.25) is 5.88 Å². The van der Waals surface area contributed by atoms with E-state index in [9.17, 15) is 0 Å². The fourth-order valence-electron chi connectivity index (χ4n) is 3.04. The van der Waals surface area contributed by atoms with Gasteiger partial charge in [0.1, 0.15) is 12.4 Å². The summed E-state index contributed by atoms with van der Waals surface area (Å²) in [4.78, 5) is 8.68. The van der Waals surface area contributed by atoms with Crippen molar-refractivity contribution in [1.82, 2.24) is 15.6 Å². The molecular weight excluding hydrogens is 376 g/mol. The van der Waals surface area contributed by atoms with Crippen molar-refractivity contribution < 1.29 is 9.47 Å². The maximum atomic E-state index is 5.93. The molecule has 3 rings (SSSR count). The maximum absolute atomic E-state index is 5.93. The second-order valence-corrected chi connectivity index (χ2v) is 6.66. The van der Waals surface area contributed by atoms with Crippen LogP contribution in [0.15, 0.2) is 77.9 Å². The number of hydrogen-bond donors (Lipinski definition) is 2. The average Bonchev–Trinajstić information content (AvgIpc) is 2.81. The van der Waals surface area contributed by atoms with E-state index in [1.54, 1.807) is 20.4 Å². The predicted molar refractivity (Wildman–Crippen MR) is 120 cm³/mol. The molecular formula is C24H28N4O2. The highest BCUT2D eigenvalue weighted by Crippen LogP contribution is 2.17. The number of hydrogen-bond acceptors (Lipinski definition) is 4. The normalized spacial score (nSPS) is 11.1. The quantitative estimate of drug-likeness (QED) is 0.422. The summed E-state index contributed by atoms with van der Waals surface area (Å²) in [6.45, 7) is 1.79. The first-order chi connectivity index (χ1) is 14.8. The van der Waals surface area contributed by atoms with Crippen LogP contribution in [0.4, 0.5) is 0 Å². The van der Waals surface area contributed by atoms with E-state index in [0.717, 1.165) is 41.4 Å². The average molecular weight is 405 g/mol. The standard InChI is InChI=1S/C24H28N4O2/c1-25-24(27-16-14-20-11-6-7-13-22(20)29-2)28-17-21-12-8-15-26-23(21)30-18-19-9-4-3-5-10-19/h3-13,15H,14,16-18H2,1-2H3,(H2,25,27,28). The van der Waals surface area contributed by atoms with E-state index in [1.165, 1.54) is 0 Å². The number of methoxy groups -OCH3 is 1. The monoisotopic (exact) mass is 404 g/mol. The van der Waals surface area contributed by atoms with Gasteiger partial charge in [0.25, 0.3) is 0 Å². The second kappa shape index (κ2) is 11.5. The fourth-order valence-corrected chi connectivity index (χ4v) is 3.04. The Morgan fingerprint density at radius 1 is 0.933 bits per heavy atom. The lowest BCUT2D eigenvalue weighted by molar-refractivity contribution is 0.290. The Labute approximate surface area is 178 Å². The van der Waals surface area contributed by atoms with Gasteiger partial charge in [0, 0.05) is 31.9 Å². The molecule has 2 N–H and O–H groups in total. The van der Waals surface area contributed by atoms with Gasteiger partial charge in [-0.15, -0.1) is 0 Å². The highest BCUT2D eigenvalue weighted by Gasteiger charge is 2.07. The van der Waals surface area contributed by atoms with Gasteiger partial charge in [0.15, 0.2) is 5.96 Å². The Bertz CT molecular complexity index is 945. The van der Waals surface area contributed by atoms with Crippen molar-refractivity contribution in [2.24, 2.45) is 4.99 Å². The first-order valence-electron chi connectivity index (χ1n) is 9.97. The number of rotatable bonds is 9. The molecule has 0 saturated carbocycles. The molecule has 3 aromatic rings. The van der Waals surface area contributed by atoms with Gasteiger partial charge in [-0.05, 0) is 29.7 Å². The lowest BCUT2D eigenvalue weighted by atomic mass is 10.1. The van der Waals surface area contributed by atoms with Gasteiger partial charge >= 0.3 is 0 Å². The van der Waals surface area contributed by atoms with Crippen molar-refractivity contribution in [2.75, 3.05) is 20.7 Å². The first-order valence-corrected chi connectivity index (χ1v) is 9.97. The molecule has 156 valence electrons. The molecule has 0 radical (unpaired) electrons. The van der Waals surface area contributed by atoms with E-state index >= 15 is 0 Å². The van der Waals surface area contributed by atoms with Crippen LogP contribution < -0.4 is 20.1 Å². The van der Waals surface area contributed by atoms with Crippen LogP contribution in [0.1, 0.15) is 16.7 Å². The zero-order valence-corrected chi connectivity index (χ0v) is 17.5. The van der Waals surface area contributed by atoms with Crippen molar-refractivity contribution in [3.05, 3.63) is 89.6 Å². The predicted octanol–water partition coefficient (Wildman–Crippen LogP) is 3.58. The SMILES string of the molecule is CN=C(NCCc1ccccc1OC)NCc1cccnc1OCc1ccccc1. The minimum atomic E-state index is 0.483. The largest absolute Gasteiger partial charge is 0.496 e. The molecule has 0 aliphatic rings. The summed E-state index contributed by atoms with van der Waals surface area (Å²) in [5.74, 6) is 2.25. The number of aliphatic imine (C=N–C) groups is 1. The Kier molecular flexibility index (Phi) is 8.09. The van der Waals surface area contributed by atoms with Crippen LogP contribution in [0.2, 0.25) is 0 Å². The van der Waals surface area contributed by atoms with Crippen LogP contribution in [0.25, 0.3) is 0 Å². The van der Waals surface area contributed by atoms with E-state index in [1.807, 2.05) is 60.7 Å². The minimum Gasteiger partial charge on any atom is -0.496 e. The van der Waals surface area contributed by atoms with Crippen molar-refractivity contribution in [3.8, 4) is 11.6 Å². The smallest absolute Gasteiger partial charge is 0.218 e. The van der Waals surface area contributed by atoms with E-state index in [4.69, 9.17) is 9.47 Å². The van der Waals surface area contributed by atoms with Crippen molar-refractivity contribution in [3.63, 3.8) is 0 Å². The molecule has 0 spiro atoms. The van der Waals surface area contributed by atoms with Crippen LogP contribution in [0.3, 0.4) is 0 Å². The summed E-state index contributed by atoms with van der Waals surface area (Å²) in [5.41, 5.74) is 3.24. The van der Waals surface area contributed by atoms with Crippen LogP contribution in [0, 0.1) is 0 Å². The Balaban J connectivity index is 1.51. The number of ether oxygens (including phenoxy) is 2. The maximum Gasteiger partial charge on any atom is 0.218 e. The summed E-state index contributed by atoms with van der Waals surface area (Å²) < 4.78 is 11.3. The number of benzene rings is 2. The number of aromatic nitrogens is 1. The molecule has 0 saturated heterocycles. The third kappa shape index (κ3) is 6.24. The molecule has 0 amide bonds. The molecule has 0 aliphatic carbocycles. The molecule has 0 aliphatic heterocycles. The molecule has 2 aromatic carbocycles. The van der Waals surface area contributed by atoms with E-state index in [-0.39, 0.29) is 0 Å². The molecule has 30 heavy (non-hydrogen) atoms. The summed E-state index contributed by atoms with van der Waals surface area (Å²) in [6.07, 6.45) is 2.58. The number of nitrogens with zero attached hydrogens (tertiary/aromatic N) is 2. The Hall–Kier alpha value is -3.54. The fraction of sp³-hybridized carbons (Fsp3) is 0.250. The molecule has 1 heterocycles.